The number of hydrogen-bond donors (Lipinski definition) is 2. The average molecular weight is 481 g/mol. The third kappa shape index (κ3) is 8.00. The monoisotopic (exact) mass is 480 g/mol. The molecule has 0 unspecified atom stereocenters. The van der Waals surface area contributed by atoms with Gasteiger partial charge in [0.25, 0.3) is 5.91 Å². The van der Waals surface area contributed by atoms with Gasteiger partial charge in [0.2, 0.25) is 0 Å². The van der Waals surface area contributed by atoms with Crippen LogP contribution in [0.5, 0.6) is 11.5 Å². The minimum absolute atomic E-state index is 0.0536. The Morgan fingerprint density at radius 3 is 2.52 bits per heavy atom. The Morgan fingerprint density at radius 2 is 1.86 bits per heavy atom. The molecule has 0 bridgehead atoms. The van der Waals surface area contributed by atoms with Crippen LogP contribution < -0.4 is 20.1 Å². The first-order valence-corrected chi connectivity index (χ1v) is 10.5. The molecule has 2 rings (SSSR count). The van der Waals surface area contributed by atoms with Gasteiger partial charge in [0, 0.05) is 16.8 Å². The molecule has 156 valence electrons. The van der Waals surface area contributed by atoms with E-state index in [1.54, 1.807) is 12.1 Å². The molecule has 0 aliphatic carbocycles. The van der Waals surface area contributed by atoms with E-state index in [0.717, 1.165) is 15.9 Å². The SMILES string of the molecule is CCOCCOc1ccc(NC(=S)NC(=O)c2cc(Br)ccc2OC(C)C)cc1. The fraction of sp³-hybridized carbons (Fsp3) is 0.333. The zero-order valence-electron chi connectivity index (χ0n) is 16.7. The van der Waals surface area contributed by atoms with Crippen LogP contribution in [0.1, 0.15) is 31.1 Å². The Morgan fingerprint density at radius 1 is 1.14 bits per heavy atom. The highest BCUT2D eigenvalue weighted by molar-refractivity contribution is 9.10. The Hall–Kier alpha value is -2.16. The van der Waals surface area contributed by atoms with E-state index in [4.69, 9.17) is 26.4 Å². The van der Waals surface area contributed by atoms with Gasteiger partial charge in [-0.05, 0) is 75.5 Å². The minimum Gasteiger partial charge on any atom is -0.491 e. The summed E-state index contributed by atoms with van der Waals surface area (Å²) >= 11 is 8.65. The fourth-order valence-electron chi connectivity index (χ4n) is 2.37. The van der Waals surface area contributed by atoms with Crippen LogP contribution in [0, 0.1) is 0 Å². The Bertz CT molecular complexity index is 828. The third-order valence-electron chi connectivity index (χ3n) is 3.59. The average Bonchev–Trinajstić information content (AvgIpc) is 2.67. The van der Waals surface area contributed by atoms with Gasteiger partial charge in [0.15, 0.2) is 5.11 Å². The van der Waals surface area contributed by atoms with Crippen molar-refractivity contribution in [2.75, 3.05) is 25.1 Å². The largest absolute Gasteiger partial charge is 0.491 e. The number of ether oxygens (including phenoxy) is 3. The molecule has 29 heavy (non-hydrogen) atoms. The van der Waals surface area contributed by atoms with Crippen LogP contribution in [0.4, 0.5) is 5.69 Å². The first-order valence-electron chi connectivity index (χ1n) is 9.28. The summed E-state index contributed by atoms with van der Waals surface area (Å²) in [7, 11) is 0. The van der Waals surface area contributed by atoms with E-state index in [2.05, 4.69) is 26.6 Å². The highest BCUT2D eigenvalue weighted by atomic mass is 79.9. The van der Waals surface area contributed by atoms with E-state index in [1.165, 1.54) is 0 Å². The van der Waals surface area contributed by atoms with Gasteiger partial charge >= 0.3 is 0 Å². The maximum Gasteiger partial charge on any atom is 0.261 e. The molecule has 0 aliphatic rings. The molecular weight excluding hydrogens is 456 g/mol. The second-order valence-electron chi connectivity index (χ2n) is 6.29. The molecule has 0 atom stereocenters. The summed E-state index contributed by atoms with van der Waals surface area (Å²) in [4.78, 5) is 12.7. The van der Waals surface area contributed by atoms with Crippen LogP contribution in [-0.2, 0) is 4.74 Å². The quantitative estimate of drug-likeness (QED) is 0.397. The number of nitrogens with one attached hydrogen (secondary N) is 2. The van der Waals surface area contributed by atoms with Crippen molar-refractivity contribution < 1.29 is 19.0 Å². The van der Waals surface area contributed by atoms with Gasteiger partial charge in [-0.2, -0.15) is 0 Å². The van der Waals surface area contributed by atoms with Crippen molar-refractivity contribution in [2.45, 2.75) is 26.9 Å². The van der Waals surface area contributed by atoms with Gasteiger partial charge in [0.1, 0.15) is 18.1 Å². The first-order chi connectivity index (χ1) is 13.9. The molecule has 0 radical (unpaired) electrons. The number of halogens is 1. The van der Waals surface area contributed by atoms with Crippen LogP contribution in [0.25, 0.3) is 0 Å². The van der Waals surface area contributed by atoms with Crippen molar-refractivity contribution in [3.8, 4) is 11.5 Å². The molecule has 0 spiro atoms. The van der Waals surface area contributed by atoms with Crippen LogP contribution in [0.15, 0.2) is 46.9 Å². The van der Waals surface area contributed by atoms with Crippen LogP contribution >= 0.6 is 28.1 Å². The van der Waals surface area contributed by atoms with Crippen molar-refractivity contribution in [1.29, 1.82) is 0 Å². The number of anilines is 1. The summed E-state index contributed by atoms with van der Waals surface area (Å²) in [5.74, 6) is 0.877. The van der Waals surface area contributed by atoms with Crippen molar-refractivity contribution in [2.24, 2.45) is 0 Å². The van der Waals surface area contributed by atoms with Gasteiger partial charge in [0.05, 0.1) is 18.3 Å². The van der Waals surface area contributed by atoms with E-state index in [9.17, 15) is 4.79 Å². The van der Waals surface area contributed by atoms with Crippen molar-refractivity contribution in [3.05, 3.63) is 52.5 Å². The molecular formula is C21H25BrN2O4S. The molecule has 0 saturated carbocycles. The number of benzene rings is 2. The Balaban J connectivity index is 1.93. The zero-order valence-corrected chi connectivity index (χ0v) is 19.1. The Kier molecular flexibility index (Phi) is 9.37. The second kappa shape index (κ2) is 11.7. The molecule has 0 aliphatic heterocycles. The molecule has 0 fully saturated rings. The molecule has 0 heterocycles. The minimum atomic E-state index is -0.352. The van der Waals surface area contributed by atoms with Crippen molar-refractivity contribution in [1.82, 2.24) is 5.32 Å². The van der Waals surface area contributed by atoms with E-state index in [-0.39, 0.29) is 17.1 Å². The van der Waals surface area contributed by atoms with Crippen LogP contribution in [0.2, 0.25) is 0 Å². The number of carbonyl (C=O) groups excluding carboxylic acids is 1. The fourth-order valence-corrected chi connectivity index (χ4v) is 2.94. The number of hydrogen-bond acceptors (Lipinski definition) is 5. The lowest BCUT2D eigenvalue weighted by Gasteiger charge is -2.15. The number of amides is 1. The summed E-state index contributed by atoms with van der Waals surface area (Å²) in [6.45, 7) is 7.45. The van der Waals surface area contributed by atoms with Crippen molar-refractivity contribution >= 4 is 44.9 Å². The number of carbonyl (C=O) groups is 1. The topological polar surface area (TPSA) is 68.8 Å². The van der Waals surface area contributed by atoms with Crippen LogP contribution in [-0.4, -0.2) is 36.9 Å². The van der Waals surface area contributed by atoms with E-state index in [1.807, 2.05) is 51.1 Å². The lowest BCUT2D eigenvalue weighted by molar-refractivity contribution is 0.0972. The van der Waals surface area contributed by atoms with E-state index >= 15 is 0 Å². The predicted molar refractivity (Wildman–Crippen MR) is 122 cm³/mol. The van der Waals surface area contributed by atoms with Gasteiger partial charge in [-0.25, -0.2) is 0 Å². The molecule has 2 aromatic carbocycles. The lowest BCUT2D eigenvalue weighted by Crippen LogP contribution is -2.34. The molecule has 2 aromatic rings. The van der Waals surface area contributed by atoms with Crippen LogP contribution in [0.3, 0.4) is 0 Å². The predicted octanol–water partition coefficient (Wildman–Crippen LogP) is 4.78. The second-order valence-corrected chi connectivity index (χ2v) is 7.61. The molecule has 0 saturated heterocycles. The van der Waals surface area contributed by atoms with E-state index < -0.39 is 0 Å². The van der Waals surface area contributed by atoms with Crippen molar-refractivity contribution in [3.63, 3.8) is 0 Å². The normalized spacial score (nSPS) is 10.5. The number of thiocarbonyl (C=S) groups is 1. The smallest absolute Gasteiger partial charge is 0.261 e. The lowest BCUT2D eigenvalue weighted by atomic mass is 10.2. The molecule has 2 N–H and O–H groups in total. The zero-order chi connectivity index (χ0) is 21.2. The molecule has 1 amide bonds. The summed E-state index contributed by atoms with van der Waals surface area (Å²) in [6.07, 6.45) is -0.0536. The Labute approximate surface area is 185 Å². The summed E-state index contributed by atoms with van der Waals surface area (Å²) in [6, 6.07) is 12.6. The van der Waals surface area contributed by atoms with Gasteiger partial charge in [-0.3, -0.25) is 10.1 Å². The summed E-state index contributed by atoms with van der Waals surface area (Å²) in [5, 5.41) is 5.86. The first kappa shape index (κ1) is 23.1. The van der Waals surface area contributed by atoms with Gasteiger partial charge < -0.3 is 19.5 Å². The maximum absolute atomic E-state index is 12.7. The highest BCUT2D eigenvalue weighted by Crippen LogP contribution is 2.24. The maximum atomic E-state index is 12.7. The third-order valence-corrected chi connectivity index (χ3v) is 4.29. The molecule has 8 heteroatoms. The highest BCUT2D eigenvalue weighted by Gasteiger charge is 2.15. The van der Waals surface area contributed by atoms with E-state index in [0.29, 0.717) is 31.1 Å². The summed E-state index contributed by atoms with van der Waals surface area (Å²) < 4.78 is 17.3. The summed E-state index contributed by atoms with van der Waals surface area (Å²) in [5.41, 5.74) is 1.13. The van der Waals surface area contributed by atoms with Gasteiger partial charge in [-0.1, -0.05) is 15.9 Å². The molecule has 0 aromatic heterocycles. The standard InChI is InChI=1S/C21H25BrN2O4S/c1-4-26-11-12-27-17-8-6-16(7-9-17)23-21(29)24-20(25)18-13-15(22)5-10-19(18)28-14(2)3/h5-10,13-14H,4,11-12H2,1-3H3,(H2,23,24,25,29). The van der Waals surface area contributed by atoms with Gasteiger partial charge in [-0.15, -0.1) is 0 Å². The number of rotatable bonds is 9. The molecule has 6 nitrogen and oxygen atoms in total.